The van der Waals surface area contributed by atoms with Crippen molar-refractivity contribution in [3.63, 3.8) is 0 Å². The largest absolute Gasteiger partial charge is 0.457 e. The molecule has 0 saturated heterocycles. The summed E-state index contributed by atoms with van der Waals surface area (Å²) in [4.78, 5) is 17.1. The van der Waals surface area contributed by atoms with Crippen LogP contribution in [0.25, 0.3) is 10.8 Å². The van der Waals surface area contributed by atoms with Crippen molar-refractivity contribution in [2.45, 2.75) is 6.92 Å². The Morgan fingerprint density at radius 3 is 2.55 bits per heavy atom. The second-order valence-electron chi connectivity index (χ2n) is 7.21. The van der Waals surface area contributed by atoms with Crippen LogP contribution in [0, 0.1) is 6.92 Å². The third kappa shape index (κ3) is 3.60. The number of amides is 1. The number of halogens is 2. The van der Waals surface area contributed by atoms with E-state index >= 15 is 0 Å². The molecule has 0 aliphatic carbocycles. The van der Waals surface area contributed by atoms with Crippen LogP contribution in [0.5, 0.6) is 11.5 Å². The average Bonchev–Trinajstić information content (AvgIpc) is 3.09. The van der Waals surface area contributed by atoms with Gasteiger partial charge in [-0.2, -0.15) is 0 Å². The van der Waals surface area contributed by atoms with Gasteiger partial charge in [0.05, 0.1) is 16.4 Å². The first-order valence-corrected chi connectivity index (χ1v) is 10.8. The Kier molecular flexibility index (Phi) is 5.00. The number of benzene rings is 4. The van der Waals surface area contributed by atoms with Gasteiger partial charge in [0.1, 0.15) is 17.2 Å². The first-order chi connectivity index (χ1) is 15.0. The number of rotatable bonds is 3. The van der Waals surface area contributed by atoms with Crippen molar-refractivity contribution >= 4 is 61.3 Å². The quantitative estimate of drug-likeness (QED) is 0.324. The Morgan fingerprint density at radius 1 is 1.00 bits per heavy atom. The van der Waals surface area contributed by atoms with Gasteiger partial charge in [-0.25, -0.2) is 4.99 Å². The zero-order valence-corrected chi connectivity index (χ0v) is 18.8. The van der Waals surface area contributed by atoms with Crippen LogP contribution in [0.4, 0.5) is 11.4 Å². The maximum atomic E-state index is 12.5. The van der Waals surface area contributed by atoms with E-state index in [1.54, 1.807) is 0 Å². The minimum atomic E-state index is -0.247. The molecule has 0 saturated carbocycles. The summed E-state index contributed by atoms with van der Waals surface area (Å²) in [6.07, 6.45) is 0. The Labute approximate surface area is 192 Å². The minimum Gasteiger partial charge on any atom is -0.457 e. The summed E-state index contributed by atoms with van der Waals surface area (Å²) < 4.78 is 6.82. The molecule has 0 unspecified atom stereocenters. The number of carbonyl (C=O) groups excluding carboxylic acids is 1. The number of nitrogens with one attached hydrogen (secondary N) is 1. The smallest absolute Gasteiger partial charge is 0.275 e. The van der Waals surface area contributed by atoms with E-state index in [9.17, 15) is 4.79 Å². The van der Waals surface area contributed by atoms with Gasteiger partial charge in [-0.05, 0) is 70.2 Å². The monoisotopic (exact) mass is 490 g/mol. The molecule has 1 heterocycles. The zero-order valence-electron chi connectivity index (χ0n) is 16.4. The van der Waals surface area contributed by atoms with E-state index < -0.39 is 0 Å². The predicted octanol–water partition coefficient (Wildman–Crippen LogP) is 7.43. The third-order valence-electron chi connectivity index (χ3n) is 5.22. The van der Waals surface area contributed by atoms with Crippen LogP contribution in [0.1, 0.15) is 11.1 Å². The lowest BCUT2D eigenvalue weighted by atomic mass is 10.1. The molecule has 4 nitrogen and oxygen atoms in total. The summed E-state index contributed by atoms with van der Waals surface area (Å²) in [5, 5.41) is 5.61. The zero-order chi connectivity index (χ0) is 21.5. The molecular formula is C25H16BrClN2O2. The van der Waals surface area contributed by atoms with E-state index in [1.807, 2.05) is 67.6 Å². The summed E-state index contributed by atoms with van der Waals surface area (Å²) in [6, 6.07) is 23.2. The van der Waals surface area contributed by atoms with Crippen molar-refractivity contribution in [2.24, 2.45) is 4.99 Å². The maximum Gasteiger partial charge on any atom is 0.275 e. The van der Waals surface area contributed by atoms with Crippen molar-refractivity contribution < 1.29 is 9.53 Å². The normalized spacial score (nSPS) is 14.0. The van der Waals surface area contributed by atoms with Crippen LogP contribution >= 0.6 is 27.5 Å². The summed E-state index contributed by atoms with van der Waals surface area (Å²) in [5.41, 5.74) is 3.26. The second kappa shape index (κ2) is 7.84. The van der Waals surface area contributed by atoms with Gasteiger partial charge in [0, 0.05) is 15.4 Å². The van der Waals surface area contributed by atoms with E-state index in [0.29, 0.717) is 27.9 Å². The SMILES string of the molecule is Cc1c(Cl)c(Br)cc2c1NC(=O)C2=Nc1ccc(Oc2cccc3ccccc23)cc1. The first-order valence-electron chi connectivity index (χ1n) is 9.66. The molecular weight excluding hydrogens is 476 g/mol. The highest BCUT2D eigenvalue weighted by molar-refractivity contribution is 9.10. The van der Waals surface area contributed by atoms with Gasteiger partial charge in [0.25, 0.3) is 5.91 Å². The van der Waals surface area contributed by atoms with Gasteiger partial charge in [0.2, 0.25) is 0 Å². The molecule has 1 amide bonds. The number of anilines is 1. The van der Waals surface area contributed by atoms with E-state index in [4.69, 9.17) is 16.3 Å². The van der Waals surface area contributed by atoms with Crippen molar-refractivity contribution in [3.8, 4) is 11.5 Å². The minimum absolute atomic E-state index is 0.247. The van der Waals surface area contributed by atoms with E-state index in [2.05, 4.69) is 38.4 Å². The standard InChI is InChI=1S/C25H16BrClN2O2/c1-14-22(27)20(26)13-19-23(14)29-25(30)24(19)28-16-9-11-17(12-10-16)31-21-8-4-6-15-5-2-3-7-18(15)21/h2-13H,1H3,(H,28,29,30). The Hall–Kier alpha value is -3.15. The number of nitrogens with zero attached hydrogens (tertiary/aromatic N) is 1. The van der Waals surface area contributed by atoms with Crippen molar-refractivity contribution in [1.82, 2.24) is 0 Å². The van der Waals surface area contributed by atoms with E-state index in [0.717, 1.165) is 32.1 Å². The fraction of sp³-hybridized carbons (Fsp3) is 0.0400. The van der Waals surface area contributed by atoms with Crippen LogP contribution in [0.3, 0.4) is 0 Å². The van der Waals surface area contributed by atoms with Crippen LogP contribution < -0.4 is 10.1 Å². The molecule has 0 atom stereocenters. The van der Waals surface area contributed by atoms with Gasteiger partial charge >= 0.3 is 0 Å². The first kappa shape index (κ1) is 19.8. The number of hydrogen-bond donors (Lipinski definition) is 1. The fourth-order valence-electron chi connectivity index (χ4n) is 3.64. The highest BCUT2D eigenvalue weighted by atomic mass is 79.9. The van der Waals surface area contributed by atoms with Gasteiger partial charge in [0.15, 0.2) is 0 Å². The highest BCUT2D eigenvalue weighted by Crippen LogP contribution is 2.38. The van der Waals surface area contributed by atoms with Crippen LogP contribution in [0.15, 0.2) is 82.3 Å². The molecule has 0 bridgehead atoms. The summed E-state index contributed by atoms with van der Waals surface area (Å²) in [7, 11) is 0. The van der Waals surface area contributed by atoms with Crippen molar-refractivity contribution in [3.05, 3.63) is 93.4 Å². The molecule has 0 fully saturated rings. The lowest BCUT2D eigenvalue weighted by Crippen LogP contribution is -2.13. The molecule has 4 aromatic carbocycles. The van der Waals surface area contributed by atoms with Crippen molar-refractivity contribution in [1.29, 1.82) is 0 Å². The van der Waals surface area contributed by atoms with Crippen LogP contribution in [-0.2, 0) is 4.79 Å². The molecule has 0 radical (unpaired) electrons. The number of carbonyl (C=O) groups is 1. The lowest BCUT2D eigenvalue weighted by molar-refractivity contribution is -0.110. The predicted molar refractivity (Wildman–Crippen MR) is 129 cm³/mol. The second-order valence-corrected chi connectivity index (χ2v) is 8.44. The Balaban J connectivity index is 1.45. The molecule has 0 aromatic heterocycles. The maximum absolute atomic E-state index is 12.5. The number of aliphatic imine (C=N–C) groups is 1. The van der Waals surface area contributed by atoms with Crippen LogP contribution in [-0.4, -0.2) is 11.6 Å². The number of ether oxygens (including phenoxy) is 1. The van der Waals surface area contributed by atoms with Gasteiger partial charge in [-0.3, -0.25) is 4.79 Å². The highest BCUT2D eigenvalue weighted by Gasteiger charge is 2.29. The summed E-state index contributed by atoms with van der Waals surface area (Å²) >= 11 is 9.73. The van der Waals surface area contributed by atoms with E-state index in [-0.39, 0.29) is 5.91 Å². The summed E-state index contributed by atoms with van der Waals surface area (Å²) in [5.74, 6) is 1.24. The average molecular weight is 492 g/mol. The number of fused-ring (bicyclic) bond motifs is 2. The Bertz CT molecular complexity index is 1380. The molecule has 1 aliphatic rings. The van der Waals surface area contributed by atoms with Crippen molar-refractivity contribution in [2.75, 3.05) is 5.32 Å². The third-order valence-corrected chi connectivity index (χ3v) is 6.56. The van der Waals surface area contributed by atoms with Crippen LogP contribution in [0.2, 0.25) is 5.02 Å². The van der Waals surface area contributed by atoms with E-state index in [1.165, 1.54) is 0 Å². The van der Waals surface area contributed by atoms with Gasteiger partial charge < -0.3 is 10.1 Å². The molecule has 1 aliphatic heterocycles. The molecule has 5 rings (SSSR count). The molecule has 1 N–H and O–H groups in total. The summed E-state index contributed by atoms with van der Waals surface area (Å²) in [6.45, 7) is 1.87. The molecule has 31 heavy (non-hydrogen) atoms. The molecule has 4 aromatic rings. The molecule has 6 heteroatoms. The van der Waals surface area contributed by atoms with Gasteiger partial charge in [-0.1, -0.05) is 48.0 Å². The Morgan fingerprint density at radius 2 is 1.74 bits per heavy atom. The van der Waals surface area contributed by atoms with Gasteiger partial charge in [-0.15, -0.1) is 0 Å². The molecule has 152 valence electrons. The molecule has 0 spiro atoms. The fourth-order valence-corrected chi connectivity index (χ4v) is 4.31. The number of hydrogen-bond acceptors (Lipinski definition) is 3. The topological polar surface area (TPSA) is 50.7 Å². The lowest BCUT2D eigenvalue weighted by Gasteiger charge is -2.09.